The van der Waals surface area contributed by atoms with Crippen LogP contribution < -0.4 is 11.2 Å². The van der Waals surface area contributed by atoms with Gasteiger partial charge in [0.1, 0.15) is 11.6 Å². The molecule has 0 aliphatic carbocycles. The molecule has 0 radical (unpaired) electrons. The van der Waals surface area contributed by atoms with Crippen molar-refractivity contribution in [3.8, 4) is 5.75 Å². The van der Waals surface area contributed by atoms with Crippen LogP contribution in [0.25, 0.3) is 0 Å². The van der Waals surface area contributed by atoms with Gasteiger partial charge in [-0.2, -0.15) is 5.10 Å². The molecule has 0 amide bonds. The zero-order valence-corrected chi connectivity index (χ0v) is 11.0. The van der Waals surface area contributed by atoms with Crippen molar-refractivity contribution in [2.75, 3.05) is 11.2 Å². The number of rotatable bonds is 3. The van der Waals surface area contributed by atoms with Crippen LogP contribution in [0.2, 0.25) is 0 Å². The largest absolute Gasteiger partial charge is 0.507 e. The fraction of sp³-hybridized carbons (Fsp3) is 0.167. The van der Waals surface area contributed by atoms with Gasteiger partial charge >= 0.3 is 0 Å². The van der Waals surface area contributed by atoms with E-state index in [9.17, 15) is 5.11 Å². The molecular formula is C12H14N4OS. The molecule has 4 N–H and O–H groups in total. The Morgan fingerprint density at radius 3 is 2.61 bits per heavy atom. The Bertz CT molecular complexity index is 569. The molecule has 0 bridgehead atoms. The minimum absolute atomic E-state index is 0.327. The number of phenolic OH excluding ortho intramolecular Hbond substituents is 1. The summed E-state index contributed by atoms with van der Waals surface area (Å²) in [7, 11) is 0. The molecule has 6 heteroatoms. The number of aromatic nitrogens is 1. The number of hydrogen-bond acceptors (Lipinski definition) is 6. The van der Waals surface area contributed by atoms with E-state index in [1.54, 1.807) is 11.6 Å². The van der Waals surface area contributed by atoms with Crippen molar-refractivity contribution in [3.05, 3.63) is 34.2 Å². The lowest BCUT2D eigenvalue weighted by molar-refractivity contribution is 0.467. The summed E-state index contributed by atoms with van der Waals surface area (Å²) in [5.41, 5.74) is 10.9. The van der Waals surface area contributed by atoms with E-state index in [2.05, 4.69) is 15.5 Å². The van der Waals surface area contributed by atoms with Crippen molar-refractivity contribution in [1.29, 1.82) is 0 Å². The van der Waals surface area contributed by atoms with Crippen LogP contribution in [0.3, 0.4) is 0 Å². The van der Waals surface area contributed by atoms with Crippen molar-refractivity contribution in [2.24, 2.45) is 5.10 Å². The summed E-state index contributed by atoms with van der Waals surface area (Å²) in [5.74, 6) is 0.807. The molecule has 1 aromatic carbocycles. The van der Waals surface area contributed by atoms with E-state index < -0.39 is 0 Å². The van der Waals surface area contributed by atoms with Crippen LogP contribution in [0.1, 0.15) is 16.7 Å². The minimum atomic E-state index is 0.327. The average molecular weight is 262 g/mol. The Morgan fingerprint density at radius 2 is 2.06 bits per heavy atom. The lowest BCUT2D eigenvalue weighted by Gasteiger charge is -2.04. The van der Waals surface area contributed by atoms with Crippen molar-refractivity contribution in [1.82, 2.24) is 4.98 Å². The van der Waals surface area contributed by atoms with Crippen molar-refractivity contribution in [3.63, 3.8) is 0 Å². The van der Waals surface area contributed by atoms with Gasteiger partial charge in [0.25, 0.3) is 0 Å². The molecule has 0 aliphatic rings. The molecule has 18 heavy (non-hydrogen) atoms. The highest BCUT2D eigenvalue weighted by Gasteiger charge is 2.01. The lowest BCUT2D eigenvalue weighted by Crippen LogP contribution is -1.92. The number of hydrazone groups is 1. The van der Waals surface area contributed by atoms with Gasteiger partial charge < -0.3 is 10.8 Å². The van der Waals surface area contributed by atoms with Gasteiger partial charge in [-0.1, -0.05) is 0 Å². The van der Waals surface area contributed by atoms with Gasteiger partial charge in [-0.15, -0.1) is 11.3 Å². The fourth-order valence-electron chi connectivity index (χ4n) is 1.56. The Morgan fingerprint density at radius 1 is 1.39 bits per heavy atom. The van der Waals surface area contributed by atoms with Gasteiger partial charge in [0.15, 0.2) is 0 Å². The van der Waals surface area contributed by atoms with Crippen LogP contribution in [0.4, 0.5) is 10.9 Å². The standard InChI is InChI=1S/C12H14N4OS/c1-7-3-9(4-8(2)11(7)17)5-14-16-12-15-10(13)6-18-12/h3-6,17H,13H2,1-2H3,(H,15,16). The van der Waals surface area contributed by atoms with Crippen LogP contribution in [-0.4, -0.2) is 16.3 Å². The minimum Gasteiger partial charge on any atom is -0.507 e. The van der Waals surface area contributed by atoms with Crippen LogP contribution in [0.5, 0.6) is 5.75 Å². The van der Waals surface area contributed by atoms with E-state index in [1.165, 1.54) is 11.3 Å². The maximum absolute atomic E-state index is 9.65. The molecule has 0 saturated carbocycles. The quantitative estimate of drug-likeness (QED) is 0.586. The highest BCUT2D eigenvalue weighted by molar-refractivity contribution is 7.14. The second-order valence-corrected chi connectivity index (χ2v) is 4.81. The van der Waals surface area contributed by atoms with Gasteiger partial charge in [-0.3, -0.25) is 5.43 Å². The van der Waals surface area contributed by atoms with Gasteiger partial charge in [0.2, 0.25) is 5.13 Å². The summed E-state index contributed by atoms with van der Waals surface area (Å²) in [6.07, 6.45) is 1.68. The van der Waals surface area contributed by atoms with Gasteiger partial charge in [-0.25, -0.2) is 4.98 Å². The molecule has 1 aromatic heterocycles. The third-order valence-corrected chi connectivity index (χ3v) is 3.17. The molecular weight excluding hydrogens is 248 g/mol. The molecule has 0 fully saturated rings. The number of nitrogens with one attached hydrogen (secondary N) is 1. The summed E-state index contributed by atoms with van der Waals surface area (Å²) >= 11 is 1.39. The topological polar surface area (TPSA) is 83.5 Å². The Labute approximate surface area is 109 Å². The SMILES string of the molecule is Cc1cc(C=NNc2nc(N)cs2)cc(C)c1O. The van der Waals surface area contributed by atoms with Crippen LogP contribution in [0.15, 0.2) is 22.6 Å². The van der Waals surface area contributed by atoms with E-state index in [0.29, 0.717) is 16.7 Å². The van der Waals surface area contributed by atoms with Crippen molar-refractivity contribution in [2.45, 2.75) is 13.8 Å². The highest BCUT2D eigenvalue weighted by atomic mass is 32.1. The molecule has 0 saturated heterocycles. The van der Waals surface area contributed by atoms with Gasteiger partial charge in [0.05, 0.1) is 6.21 Å². The second kappa shape index (κ2) is 5.05. The maximum atomic E-state index is 9.65. The number of anilines is 2. The smallest absolute Gasteiger partial charge is 0.205 e. The van der Waals surface area contributed by atoms with Crippen molar-refractivity contribution >= 4 is 28.5 Å². The van der Waals surface area contributed by atoms with Gasteiger partial charge in [0, 0.05) is 5.38 Å². The van der Waals surface area contributed by atoms with Gasteiger partial charge in [-0.05, 0) is 42.7 Å². The van der Waals surface area contributed by atoms with Crippen molar-refractivity contribution < 1.29 is 5.11 Å². The van der Waals surface area contributed by atoms with E-state index >= 15 is 0 Å². The molecule has 5 nitrogen and oxygen atoms in total. The zero-order chi connectivity index (χ0) is 13.1. The molecule has 0 aliphatic heterocycles. The summed E-state index contributed by atoms with van der Waals surface area (Å²) < 4.78 is 0. The first-order valence-corrected chi connectivity index (χ1v) is 6.24. The first-order chi connectivity index (χ1) is 8.56. The van der Waals surface area contributed by atoms with Crippen LogP contribution in [-0.2, 0) is 0 Å². The maximum Gasteiger partial charge on any atom is 0.205 e. The third kappa shape index (κ3) is 2.78. The number of benzene rings is 1. The summed E-state index contributed by atoms with van der Waals surface area (Å²) in [6, 6.07) is 3.73. The van der Waals surface area contributed by atoms with Crippen LogP contribution >= 0.6 is 11.3 Å². The number of nitrogens with zero attached hydrogens (tertiary/aromatic N) is 2. The number of nitrogen functional groups attached to an aromatic ring is 1. The number of phenols is 1. The number of hydrogen-bond donors (Lipinski definition) is 3. The Hall–Kier alpha value is -2.08. The lowest BCUT2D eigenvalue weighted by atomic mass is 10.1. The predicted octanol–water partition coefficient (Wildman–Crippen LogP) is 2.49. The number of aryl methyl sites for hydroxylation is 2. The predicted molar refractivity (Wildman–Crippen MR) is 75.3 cm³/mol. The Balaban J connectivity index is 2.09. The zero-order valence-electron chi connectivity index (χ0n) is 10.1. The highest BCUT2D eigenvalue weighted by Crippen LogP contribution is 2.22. The summed E-state index contributed by atoms with van der Waals surface area (Å²) in [6.45, 7) is 3.71. The van der Waals surface area contributed by atoms with E-state index in [1.807, 2.05) is 26.0 Å². The molecule has 1 heterocycles. The summed E-state index contributed by atoms with van der Waals surface area (Å²) in [5, 5.41) is 16.1. The average Bonchev–Trinajstić information content (AvgIpc) is 2.72. The van der Waals surface area contributed by atoms with E-state index in [0.717, 1.165) is 16.7 Å². The number of thiazole rings is 1. The molecule has 0 unspecified atom stereocenters. The van der Waals surface area contributed by atoms with E-state index in [-0.39, 0.29) is 0 Å². The van der Waals surface area contributed by atoms with Crippen LogP contribution in [0, 0.1) is 13.8 Å². The normalized spacial score (nSPS) is 11.0. The van der Waals surface area contributed by atoms with E-state index in [4.69, 9.17) is 5.73 Å². The third-order valence-electron chi connectivity index (χ3n) is 2.41. The summed E-state index contributed by atoms with van der Waals surface area (Å²) in [4.78, 5) is 4.02. The Kier molecular flexibility index (Phi) is 3.47. The second-order valence-electron chi connectivity index (χ2n) is 3.95. The number of aromatic hydroxyl groups is 1. The molecule has 0 atom stereocenters. The first kappa shape index (κ1) is 12.4. The molecule has 94 valence electrons. The molecule has 2 aromatic rings. The number of nitrogens with two attached hydrogens (primary N) is 1. The first-order valence-electron chi connectivity index (χ1n) is 5.36. The molecule has 2 rings (SSSR count). The fourth-order valence-corrected chi connectivity index (χ4v) is 2.11. The molecule has 0 spiro atoms. The monoisotopic (exact) mass is 262 g/mol.